The molecule has 0 radical (unpaired) electrons. The zero-order valence-corrected chi connectivity index (χ0v) is 18.6. The Labute approximate surface area is 179 Å². The number of quaternary nitrogens is 1. The molecular weight excluding hydrogens is 384 g/mol. The van der Waals surface area contributed by atoms with Gasteiger partial charge in [-0.2, -0.15) is 0 Å². The van der Waals surface area contributed by atoms with Crippen molar-refractivity contribution in [3.8, 4) is 11.5 Å². The lowest BCUT2D eigenvalue weighted by Crippen LogP contribution is -3.14. The summed E-state index contributed by atoms with van der Waals surface area (Å²) in [6, 6.07) is 4.03. The molecule has 3 rings (SSSR count). The summed E-state index contributed by atoms with van der Waals surface area (Å²) in [5.41, 5.74) is 2.16. The first-order valence-electron chi connectivity index (χ1n) is 10.9. The van der Waals surface area contributed by atoms with Gasteiger partial charge in [-0.3, -0.25) is 9.59 Å². The quantitative estimate of drug-likeness (QED) is 0.654. The molecule has 1 aromatic rings. The zero-order chi connectivity index (χ0) is 21.7. The van der Waals surface area contributed by atoms with E-state index in [-0.39, 0.29) is 30.4 Å². The molecule has 0 saturated heterocycles. The highest BCUT2D eigenvalue weighted by Gasteiger charge is 2.36. The van der Waals surface area contributed by atoms with Crippen LogP contribution in [0.2, 0.25) is 0 Å². The largest absolute Gasteiger partial charge is 0.493 e. The van der Waals surface area contributed by atoms with Gasteiger partial charge in [0.05, 0.1) is 27.9 Å². The van der Waals surface area contributed by atoms with E-state index >= 15 is 0 Å². The van der Waals surface area contributed by atoms with Crippen LogP contribution in [0.1, 0.15) is 56.2 Å². The van der Waals surface area contributed by atoms with E-state index in [1.54, 1.807) is 14.2 Å². The van der Waals surface area contributed by atoms with E-state index in [0.29, 0.717) is 24.0 Å². The fourth-order valence-electron chi connectivity index (χ4n) is 4.88. The summed E-state index contributed by atoms with van der Waals surface area (Å²) in [5.74, 6) is 1.61. The summed E-state index contributed by atoms with van der Waals surface area (Å²) in [6.07, 6.45) is 5.67. The monoisotopic (exact) mass is 419 g/mol. The molecule has 1 aliphatic carbocycles. The van der Waals surface area contributed by atoms with Crippen molar-refractivity contribution in [2.75, 3.05) is 34.4 Å². The first-order chi connectivity index (χ1) is 14.5. The first-order valence-corrected chi connectivity index (χ1v) is 10.9. The molecule has 30 heavy (non-hydrogen) atoms. The summed E-state index contributed by atoms with van der Waals surface area (Å²) in [7, 11) is 4.62. The lowest BCUT2D eigenvalue weighted by Gasteiger charge is -2.35. The number of esters is 1. The van der Waals surface area contributed by atoms with E-state index in [0.717, 1.165) is 35.4 Å². The molecule has 1 fully saturated rings. The number of amides is 1. The zero-order valence-electron chi connectivity index (χ0n) is 18.6. The minimum absolute atomic E-state index is 0.0579. The fraction of sp³-hybridized carbons (Fsp3) is 0.652. The van der Waals surface area contributed by atoms with Gasteiger partial charge in [-0.25, -0.2) is 0 Å². The predicted molar refractivity (Wildman–Crippen MR) is 113 cm³/mol. The molecule has 2 aliphatic rings. The van der Waals surface area contributed by atoms with Crippen molar-refractivity contribution in [3.05, 3.63) is 23.3 Å². The molecule has 1 amide bonds. The Hall–Kier alpha value is -2.28. The van der Waals surface area contributed by atoms with Crippen LogP contribution in [0.15, 0.2) is 12.1 Å². The smallest absolute Gasteiger partial charge is 0.311 e. The van der Waals surface area contributed by atoms with Crippen LogP contribution >= 0.6 is 0 Å². The molecule has 1 aliphatic heterocycles. The molecule has 1 saturated carbocycles. The summed E-state index contributed by atoms with van der Waals surface area (Å²) in [4.78, 5) is 26.1. The number of rotatable bonds is 7. The lowest BCUT2D eigenvalue weighted by atomic mass is 9.86. The number of hydrogen-bond donors (Lipinski definition) is 2. The highest BCUT2D eigenvalue weighted by Crippen LogP contribution is 2.35. The molecule has 1 unspecified atom stereocenters. The Balaban J connectivity index is 1.80. The maximum atomic E-state index is 12.9. The Bertz CT molecular complexity index is 766. The Morgan fingerprint density at radius 3 is 2.47 bits per heavy atom. The van der Waals surface area contributed by atoms with Gasteiger partial charge in [-0.1, -0.05) is 19.8 Å². The maximum Gasteiger partial charge on any atom is 0.311 e. The Kier molecular flexibility index (Phi) is 7.58. The second-order valence-electron chi connectivity index (χ2n) is 8.51. The molecule has 7 heteroatoms. The molecule has 0 bridgehead atoms. The summed E-state index contributed by atoms with van der Waals surface area (Å²) in [6.45, 7) is 3.34. The van der Waals surface area contributed by atoms with Crippen LogP contribution in [0.4, 0.5) is 0 Å². The molecule has 7 nitrogen and oxygen atoms in total. The van der Waals surface area contributed by atoms with E-state index in [2.05, 4.69) is 12.2 Å². The third kappa shape index (κ3) is 5.06. The van der Waals surface area contributed by atoms with Crippen LogP contribution in [0.5, 0.6) is 11.5 Å². The SMILES string of the molecule is COC(=O)C[C@H]1c2cc(OC)c(OC)cc2CC[NH+]1CC(=O)N[C@H]1CCCC[C@H]1C. The first kappa shape index (κ1) is 22.4. The number of ether oxygens (including phenoxy) is 3. The predicted octanol–water partition coefficient (Wildman–Crippen LogP) is 1.44. The van der Waals surface area contributed by atoms with E-state index in [1.165, 1.54) is 26.4 Å². The van der Waals surface area contributed by atoms with E-state index in [9.17, 15) is 9.59 Å². The van der Waals surface area contributed by atoms with Crippen molar-refractivity contribution in [2.45, 2.75) is 57.5 Å². The normalized spacial score (nSPS) is 25.7. The summed E-state index contributed by atoms with van der Waals surface area (Å²) in [5, 5.41) is 3.25. The average molecular weight is 420 g/mol. The number of nitrogens with one attached hydrogen (secondary N) is 2. The number of benzene rings is 1. The topological polar surface area (TPSA) is 78.3 Å². The number of carbonyl (C=O) groups excluding carboxylic acids is 2. The minimum atomic E-state index is -0.276. The summed E-state index contributed by atoms with van der Waals surface area (Å²) >= 11 is 0. The number of fused-ring (bicyclic) bond motifs is 1. The van der Waals surface area contributed by atoms with Gasteiger partial charge >= 0.3 is 5.97 Å². The van der Waals surface area contributed by atoms with Gasteiger partial charge in [0, 0.05) is 18.0 Å². The number of hydrogen-bond acceptors (Lipinski definition) is 5. The molecule has 0 spiro atoms. The number of methoxy groups -OCH3 is 3. The van der Waals surface area contributed by atoms with Gasteiger partial charge in [-0.15, -0.1) is 0 Å². The van der Waals surface area contributed by atoms with Crippen LogP contribution in [0.25, 0.3) is 0 Å². The van der Waals surface area contributed by atoms with Gasteiger partial charge in [0.25, 0.3) is 5.91 Å². The van der Waals surface area contributed by atoms with E-state index < -0.39 is 0 Å². The van der Waals surface area contributed by atoms with Crippen LogP contribution in [-0.4, -0.2) is 52.3 Å². The van der Waals surface area contributed by atoms with Crippen molar-refractivity contribution in [3.63, 3.8) is 0 Å². The second kappa shape index (κ2) is 10.2. The van der Waals surface area contributed by atoms with Gasteiger partial charge in [0.2, 0.25) is 0 Å². The van der Waals surface area contributed by atoms with Crippen molar-refractivity contribution in [2.24, 2.45) is 5.92 Å². The van der Waals surface area contributed by atoms with E-state index in [1.807, 2.05) is 12.1 Å². The van der Waals surface area contributed by atoms with Gasteiger partial charge < -0.3 is 24.4 Å². The third-order valence-corrected chi connectivity index (χ3v) is 6.67. The van der Waals surface area contributed by atoms with Crippen LogP contribution in [-0.2, 0) is 20.7 Å². The maximum absolute atomic E-state index is 12.9. The molecule has 2 N–H and O–H groups in total. The van der Waals surface area contributed by atoms with Gasteiger partial charge in [0.1, 0.15) is 12.5 Å². The average Bonchev–Trinajstić information content (AvgIpc) is 2.75. The summed E-state index contributed by atoms with van der Waals surface area (Å²) < 4.78 is 15.9. The van der Waals surface area contributed by atoms with Gasteiger partial charge in [0.15, 0.2) is 18.0 Å². The van der Waals surface area contributed by atoms with Crippen LogP contribution in [0, 0.1) is 5.92 Å². The van der Waals surface area contributed by atoms with Crippen LogP contribution in [0.3, 0.4) is 0 Å². The molecular formula is C23H35N2O5+. The molecule has 1 heterocycles. The molecule has 1 aromatic carbocycles. The van der Waals surface area contributed by atoms with Crippen molar-refractivity contribution < 1.29 is 28.7 Å². The van der Waals surface area contributed by atoms with Crippen molar-refractivity contribution in [1.29, 1.82) is 0 Å². The van der Waals surface area contributed by atoms with Gasteiger partial charge in [-0.05, 0) is 36.5 Å². The second-order valence-corrected chi connectivity index (χ2v) is 8.51. The fourth-order valence-corrected chi connectivity index (χ4v) is 4.88. The van der Waals surface area contributed by atoms with Crippen molar-refractivity contribution in [1.82, 2.24) is 5.32 Å². The minimum Gasteiger partial charge on any atom is -0.493 e. The van der Waals surface area contributed by atoms with E-state index in [4.69, 9.17) is 14.2 Å². The molecule has 4 atom stereocenters. The number of carbonyl (C=O) groups is 2. The lowest BCUT2D eigenvalue weighted by molar-refractivity contribution is -0.925. The highest BCUT2D eigenvalue weighted by atomic mass is 16.5. The van der Waals surface area contributed by atoms with Crippen LogP contribution < -0.4 is 19.7 Å². The van der Waals surface area contributed by atoms with Crippen molar-refractivity contribution >= 4 is 11.9 Å². The third-order valence-electron chi connectivity index (χ3n) is 6.67. The highest BCUT2D eigenvalue weighted by molar-refractivity contribution is 5.77. The molecule has 166 valence electrons. The molecule has 0 aromatic heterocycles. The Morgan fingerprint density at radius 1 is 1.10 bits per heavy atom. The standard InChI is InChI=1S/C23H34N2O5/c1-15-7-5-6-8-18(15)24-22(26)14-25-10-9-16-11-20(28-2)21(29-3)12-17(16)19(25)13-23(27)30-4/h11-12,15,18-19H,5-10,13-14H2,1-4H3,(H,24,26)/p+1/t15-,18+,19+/m1/s1. The Morgan fingerprint density at radius 2 is 1.80 bits per heavy atom.